The van der Waals surface area contributed by atoms with Gasteiger partial charge in [-0.2, -0.15) is 5.10 Å². The topological polar surface area (TPSA) is 63.3 Å². The molecule has 146 valence electrons. The molecule has 0 unspecified atom stereocenters. The Morgan fingerprint density at radius 2 is 2.07 bits per heavy atom. The number of nitrogens with one attached hydrogen (secondary N) is 1. The van der Waals surface area contributed by atoms with Crippen molar-refractivity contribution in [2.75, 3.05) is 19.6 Å². The normalized spacial score (nSPS) is 17.5. The first-order valence-electron chi connectivity index (χ1n) is 9.94. The second-order valence-corrected chi connectivity index (χ2v) is 7.28. The van der Waals surface area contributed by atoms with Gasteiger partial charge in [-0.05, 0) is 50.6 Å². The van der Waals surface area contributed by atoms with Gasteiger partial charge in [-0.25, -0.2) is 4.68 Å². The second-order valence-electron chi connectivity index (χ2n) is 7.28. The number of carbonyl (C=O) groups is 1. The van der Waals surface area contributed by atoms with Crippen LogP contribution >= 0.6 is 0 Å². The number of aromatic nitrogens is 2. The molecule has 3 heterocycles. The van der Waals surface area contributed by atoms with Crippen molar-refractivity contribution in [2.24, 2.45) is 0 Å². The number of piperidine rings is 1. The fourth-order valence-electron chi connectivity index (χ4n) is 3.75. The van der Waals surface area contributed by atoms with Gasteiger partial charge in [-0.1, -0.05) is 24.6 Å². The van der Waals surface area contributed by atoms with Crippen molar-refractivity contribution in [3.05, 3.63) is 60.5 Å². The second kappa shape index (κ2) is 8.44. The number of likely N-dealkylation sites (tertiary alicyclic amines) is 1. The summed E-state index contributed by atoms with van der Waals surface area (Å²) in [4.78, 5) is 15.4. The molecule has 1 aliphatic rings. The highest BCUT2D eigenvalue weighted by Gasteiger charge is 2.20. The Balaban J connectivity index is 1.51. The fourth-order valence-corrected chi connectivity index (χ4v) is 3.75. The van der Waals surface area contributed by atoms with Crippen LogP contribution in [0.5, 0.6) is 0 Å². The highest BCUT2D eigenvalue weighted by Crippen LogP contribution is 2.22. The molecule has 0 bridgehead atoms. The summed E-state index contributed by atoms with van der Waals surface area (Å²) in [5.74, 6) is 0.518. The molecule has 0 aliphatic carbocycles. The monoisotopic (exact) mass is 378 g/mol. The van der Waals surface area contributed by atoms with Gasteiger partial charge in [-0.3, -0.25) is 9.69 Å². The zero-order valence-electron chi connectivity index (χ0n) is 16.2. The van der Waals surface area contributed by atoms with E-state index in [1.807, 2.05) is 42.5 Å². The van der Waals surface area contributed by atoms with E-state index < -0.39 is 0 Å². The zero-order chi connectivity index (χ0) is 19.3. The van der Waals surface area contributed by atoms with E-state index in [9.17, 15) is 4.79 Å². The average Bonchev–Trinajstić information content (AvgIpc) is 3.40. The minimum absolute atomic E-state index is 0.126. The summed E-state index contributed by atoms with van der Waals surface area (Å²) in [6.45, 7) is 4.87. The molecule has 1 saturated heterocycles. The molecule has 3 aromatic rings. The van der Waals surface area contributed by atoms with Gasteiger partial charge >= 0.3 is 0 Å². The Morgan fingerprint density at radius 3 is 2.82 bits per heavy atom. The van der Waals surface area contributed by atoms with Crippen molar-refractivity contribution in [1.29, 1.82) is 0 Å². The fraction of sp³-hybridized carbons (Fsp3) is 0.364. The summed E-state index contributed by atoms with van der Waals surface area (Å²) < 4.78 is 7.14. The quantitative estimate of drug-likeness (QED) is 0.710. The molecule has 1 fully saturated rings. The number of furan rings is 1. The number of hydrogen-bond donors (Lipinski definition) is 1. The zero-order valence-corrected chi connectivity index (χ0v) is 16.2. The smallest absolute Gasteiger partial charge is 0.270 e. The molecule has 4 rings (SSSR count). The predicted molar refractivity (Wildman–Crippen MR) is 108 cm³/mol. The molecule has 28 heavy (non-hydrogen) atoms. The number of hydrogen-bond acceptors (Lipinski definition) is 4. The predicted octanol–water partition coefficient (Wildman–Crippen LogP) is 3.74. The van der Waals surface area contributed by atoms with Gasteiger partial charge in [0.2, 0.25) is 0 Å². The molecule has 0 saturated carbocycles. The van der Waals surface area contributed by atoms with Crippen LogP contribution in [0, 0.1) is 0 Å². The van der Waals surface area contributed by atoms with E-state index in [1.54, 1.807) is 17.0 Å². The molecule has 1 aromatic carbocycles. The molecule has 6 heteroatoms. The number of para-hydroxylation sites is 1. The van der Waals surface area contributed by atoms with Crippen LogP contribution < -0.4 is 5.32 Å². The van der Waals surface area contributed by atoms with Crippen LogP contribution in [0.15, 0.2) is 59.2 Å². The summed E-state index contributed by atoms with van der Waals surface area (Å²) in [6.07, 6.45) is 5.39. The lowest BCUT2D eigenvalue weighted by Gasteiger charge is -2.33. The first-order chi connectivity index (χ1) is 13.7. The van der Waals surface area contributed by atoms with Crippen LogP contribution in [0.2, 0.25) is 0 Å². The van der Waals surface area contributed by atoms with Crippen LogP contribution in [-0.2, 0) is 0 Å². The van der Waals surface area contributed by atoms with Crippen molar-refractivity contribution < 1.29 is 9.21 Å². The van der Waals surface area contributed by atoms with Gasteiger partial charge in [0.25, 0.3) is 5.91 Å². The molecular formula is C22H26N4O2. The molecule has 2 aromatic heterocycles. The summed E-state index contributed by atoms with van der Waals surface area (Å²) >= 11 is 0. The van der Waals surface area contributed by atoms with E-state index in [0.717, 1.165) is 18.8 Å². The third-order valence-corrected chi connectivity index (χ3v) is 5.34. The summed E-state index contributed by atoms with van der Waals surface area (Å²) in [7, 11) is 0. The largest absolute Gasteiger partial charge is 0.463 e. The van der Waals surface area contributed by atoms with Gasteiger partial charge < -0.3 is 9.73 Å². The van der Waals surface area contributed by atoms with Crippen LogP contribution in [0.1, 0.15) is 36.7 Å². The summed E-state index contributed by atoms with van der Waals surface area (Å²) in [5, 5.41) is 7.67. The van der Waals surface area contributed by atoms with E-state index in [4.69, 9.17) is 4.42 Å². The Hall–Kier alpha value is -2.86. The van der Waals surface area contributed by atoms with Crippen LogP contribution in [0.4, 0.5) is 0 Å². The Bertz CT molecular complexity index is 902. The highest BCUT2D eigenvalue weighted by molar-refractivity contribution is 5.94. The lowest BCUT2D eigenvalue weighted by atomic mass is 10.0. The van der Waals surface area contributed by atoms with E-state index in [2.05, 4.69) is 22.2 Å². The van der Waals surface area contributed by atoms with E-state index >= 15 is 0 Å². The van der Waals surface area contributed by atoms with Gasteiger partial charge in [0.15, 0.2) is 5.76 Å². The van der Waals surface area contributed by atoms with Crippen LogP contribution in [-0.4, -0.2) is 46.3 Å². The minimum Gasteiger partial charge on any atom is -0.463 e. The number of amides is 1. The molecule has 1 aliphatic heterocycles. The molecule has 0 spiro atoms. The Morgan fingerprint density at radius 1 is 1.21 bits per heavy atom. The lowest BCUT2D eigenvalue weighted by molar-refractivity contribution is 0.0930. The maximum Gasteiger partial charge on any atom is 0.270 e. The van der Waals surface area contributed by atoms with Crippen molar-refractivity contribution in [3.8, 4) is 17.1 Å². The third-order valence-electron chi connectivity index (χ3n) is 5.34. The minimum atomic E-state index is -0.126. The van der Waals surface area contributed by atoms with Crippen molar-refractivity contribution in [1.82, 2.24) is 20.0 Å². The number of benzene rings is 1. The number of nitrogens with zero attached hydrogens (tertiary/aromatic N) is 3. The van der Waals surface area contributed by atoms with Crippen molar-refractivity contribution in [3.63, 3.8) is 0 Å². The standard InChI is InChI=1S/C22H26N4O2/c1-17-8-5-6-13-25(17)14-12-23-22(27)20-16-19(21-11-7-15-28-21)24-26(20)18-9-3-2-4-10-18/h2-4,7,9-11,15-17H,5-6,8,12-14H2,1H3,(H,23,27)/t17-/m0/s1. The highest BCUT2D eigenvalue weighted by atomic mass is 16.3. The maximum atomic E-state index is 12.9. The lowest BCUT2D eigenvalue weighted by Crippen LogP contribution is -2.42. The first-order valence-corrected chi connectivity index (χ1v) is 9.94. The van der Waals surface area contributed by atoms with Crippen molar-refractivity contribution >= 4 is 5.91 Å². The van der Waals surface area contributed by atoms with Gasteiger partial charge in [-0.15, -0.1) is 0 Å². The molecule has 1 atom stereocenters. The van der Waals surface area contributed by atoms with E-state index in [1.165, 1.54) is 19.3 Å². The first kappa shape index (κ1) is 18.5. The van der Waals surface area contributed by atoms with Gasteiger partial charge in [0.05, 0.1) is 12.0 Å². The molecule has 6 nitrogen and oxygen atoms in total. The number of rotatable bonds is 6. The Labute approximate surface area is 165 Å². The van der Waals surface area contributed by atoms with E-state index in [-0.39, 0.29) is 5.91 Å². The van der Waals surface area contributed by atoms with Gasteiger partial charge in [0, 0.05) is 25.2 Å². The van der Waals surface area contributed by atoms with Crippen LogP contribution in [0.3, 0.4) is 0 Å². The molecule has 0 radical (unpaired) electrons. The SMILES string of the molecule is C[C@H]1CCCCN1CCNC(=O)c1cc(-c2ccco2)nn1-c1ccccc1. The molecule has 1 amide bonds. The van der Waals surface area contributed by atoms with Crippen LogP contribution in [0.25, 0.3) is 17.1 Å². The summed E-state index contributed by atoms with van der Waals surface area (Å²) in [6, 6.07) is 15.7. The summed E-state index contributed by atoms with van der Waals surface area (Å²) in [5.41, 5.74) is 1.99. The van der Waals surface area contributed by atoms with Gasteiger partial charge in [0.1, 0.15) is 11.4 Å². The number of carbonyl (C=O) groups excluding carboxylic acids is 1. The third kappa shape index (κ3) is 4.02. The van der Waals surface area contributed by atoms with E-state index in [0.29, 0.717) is 29.7 Å². The van der Waals surface area contributed by atoms with Crippen molar-refractivity contribution in [2.45, 2.75) is 32.2 Å². The maximum absolute atomic E-state index is 12.9. The molecule has 1 N–H and O–H groups in total. The molecular weight excluding hydrogens is 352 g/mol. The average molecular weight is 378 g/mol. The Kier molecular flexibility index (Phi) is 5.58.